The molecule has 0 spiro atoms. The molecule has 0 atom stereocenters. The van der Waals surface area contributed by atoms with E-state index in [9.17, 15) is 14.9 Å². The summed E-state index contributed by atoms with van der Waals surface area (Å²) < 4.78 is 4.65. The average Bonchev–Trinajstić information content (AvgIpc) is 2.74. The van der Waals surface area contributed by atoms with E-state index in [1.165, 1.54) is 13.4 Å². The molecule has 0 radical (unpaired) electrons. The number of nitro groups is 1. The van der Waals surface area contributed by atoms with Gasteiger partial charge in [-0.3, -0.25) is 10.1 Å². The standard InChI is InChI=1S/C20H19N5O4/c1-3-13-4-8-15(9-5-13)23-18-17(25(27)28)19(22-12-21-18)24-16-10-6-14(7-11-16)20(26)29-2/h4-12H,3H2,1-2H3,(H2,21,22,23,24). The van der Waals surface area contributed by atoms with E-state index in [2.05, 4.69) is 25.3 Å². The number of ether oxygens (including phenoxy) is 1. The van der Waals surface area contributed by atoms with E-state index < -0.39 is 10.9 Å². The summed E-state index contributed by atoms with van der Waals surface area (Å²) in [6.07, 6.45) is 2.14. The highest BCUT2D eigenvalue weighted by atomic mass is 16.6. The Morgan fingerprint density at radius 1 is 1.00 bits per heavy atom. The van der Waals surface area contributed by atoms with Crippen LogP contribution in [0.2, 0.25) is 0 Å². The molecule has 9 heteroatoms. The Morgan fingerprint density at radius 2 is 1.52 bits per heavy atom. The second-order valence-corrected chi connectivity index (χ2v) is 6.05. The Labute approximate surface area is 166 Å². The molecule has 9 nitrogen and oxygen atoms in total. The van der Waals surface area contributed by atoms with Crippen molar-refractivity contribution >= 4 is 34.7 Å². The van der Waals surface area contributed by atoms with Gasteiger partial charge in [0, 0.05) is 11.4 Å². The Bertz CT molecular complexity index is 1020. The summed E-state index contributed by atoms with van der Waals surface area (Å²) in [5.41, 5.74) is 2.44. The van der Waals surface area contributed by atoms with Gasteiger partial charge in [0.15, 0.2) is 0 Å². The highest BCUT2D eigenvalue weighted by Gasteiger charge is 2.23. The lowest BCUT2D eigenvalue weighted by molar-refractivity contribution is -0.383. The summed E-state index contributed by atoms with van der Waals surface area (Å²) in [5.74, 6) is -0.364. The van der Waals surface area contributed by atoms with Gasteiger partial charge in [0.1, 0.15) is 6.33 Å². The van der Waals surface area contributed by atoms with E-state index in [4.69, 9.17) is 0 Å². The largest absolute Gasteiger partial charge is 0.465 e. The molecular weight excluding hydrogens is 374 g/mol. The summed E-state index contributed by atoms with van der Waals surface area (Å²) in [6, 6.07) is 13.9. The van der Waals surface area contributed by atoms with Crippen LogP contribution in [0.4, 0.5) is 28.7 Å². The first-order chi connectivity index (χ1) is 14.0. The van der Waals surface area contributed by atoms with Crippen LogP contribution in [-0.2, 0) is 11.2 Å². The molecule has 0 saturated heterocycles. The van der Waals surface area contributed by atoms with Crippen molar-refractivity contribution in [1.82, 2.24) is 9.97 Å². The third kappa shape index (κ3) is 4.64. The van der Waals surface area contributed by atoms with Crippen LogP contribution in [0.5, 0.6) is 0 Å². The van der Waals surface area contributed by atoms with Gasteiger partial charge in [0.25, 0.3) is 0 Å². The summed E-state index contributed by atoms with van der Waals surface area (Å²) in [4.78, 5) is 30.7. The SMILES string of the molecule is CCc1ccc(Nc2ncnc(Nc3ccc(C(=O)OC)cc3)c2[N+](=O)[O-])cc1. The van der Waals surface area contributed by atoms with Gasteiger partial charge in [-0.25, -0.2) is 14.8 Å². The van der Waals surface area contributed by atoms with Gasteiger partial charge < -0.3 is 15.4 Å². The number of aryl methyl sites for hydroxylation is 1. The highest BCUT2D eigenvalue weighted by Crippen LogP contribution is 2.33. The molecule has 1 aromatic heterocycles. The molecule has 0 aliphatic rings. The third-order valence-corrected chi connectivity index (χ3v) is 4.20. The molecule has 3 rings (SSSR count). The topological polar surface area (TPSA) is 119 Å². The third-order valence-electron chi connectivity index (χ3n) is 4.20. The number of carbonyl (C=O) groups is 1. The predicted octanol–water partition coefficient (Wildman–Crippen LogP) is 4.22. The molecule has 148 valence electrons. The summed E-state index contributed by atoms with van der Waals surface area (Å²) in [7, 11) is 1.29. The lowest BCUT2D eigenvalue weighted by Gasteiger charge is -2.11. The quantitative estimate of drug-likeness (QED) is 0.348. The van der Waals surface area contributed by atoms with E-state index in [1.807, 2.05) is 31.2 Å². The summed E-state index contributed by atoms with van der Waals surface area (Å²) in [6.45, 7) is 2.05. The number of methoxy groups -OCH3 is 1. The van der Waals surface area contributed by atoms with Crippen molar-refractivity contribution in [1.29, 1.82) is 0 Å². The summed E-state index contributed by atoms with van der Waals surface area (Å²) in [5, 5.41) is 17.6. The minimum Gasteiger partial charge on any atom is -0.465 e. The molecule has 0 unspecified atom stereocenters. The van der Waals surface area contributed by atoms with Crippen molar-refractivity contribution in [3.05, 3.63) is 76.1 Å². The smallest absolute Gasteiger partial charge is 0.353 e. The zero-order chi connectivity index (χ0) is 20.8. The van der Waals surface area contributed by atoms with E-state index >= 15 is 0 Å². The first kappa shape index (κ1) is 19.7. The van der Waals surface area contributed by atoms with Crippen LogP contribution in [0.3, 0.4) is 0 Å². The number of anilines is 4. The Balaban J connectivity index is 1.88. The van der Waals surface area contributed by atoms with E-state index in [1.54, 1.807) is 24.3 Å². The van der Waals surface area contributed by atoms with Crippen LogP contribution in [0.1, 0.15) is 22.8 Å². The zero-order valence-electron chi connectivity index (χ0n) is 15.9. The number of nitrogens with one attached hydrogen (secondary N) is 2. The maximum absolute atomic E-state index is 11.7. The number of nitrogens with zero attached hydrogens (tertiary/aromatic N) is 3. The molecule has 3 aromatic rings. The predicted molar refractivity (Wildman–Crippen MR) is 109 cm³/mol. The monoisotopic (exact) mass is 393 g/mol. The second kappa shape index (κ2) is 8.79. The molecule has 2 N–H and O–H groups in total. The van der Waals surface area contributed by atoms with Crippen molar-refractivity contribution in [2.45, 2.75) is 13.3 Å². The van der Waals surface area contributed by atoms with Crippen molar-refractivity contribution in [3.8, 4) is 0 Å². The zero-order valence-corrected chi connectivity index (χ0v) is 15.9. The maximum atomic E-state index is 11.7. The first-order valence-corrected chi connectivity index (χ1v) is 8.82. The summed E-state index contributed by atoms with van der Waals surface area (Å²) >= 11 is 0. The van der Waals surface area contributed by atoms with Gasteiger partial charge in [0.2, 0.25) is 11.6 Å². The molecule has 0 aliphatic carbocycles. The number of aromatic nitrogens is 2. The van der Waals surface area contributed by atoms with Crippen LogP contribution >= 0.6 is 0 Å². The van der Waals surface area contributed by atoms with Crippen LogP contribution < -0.4 is 10.6 Å². The number of hydrogen-bond acceptors (Lipinski definition) is 8. The fourth-order valence-corrected chi connectivity index (χ4v) is 2.64. The lowest BCUT2D eigenvalue weighted by atomic mass is 10.1. The molecule has 2 aromatic carbocycles. The Kier molecular flexibility index (Phi) is 5.98. The number of hydrogen-bond donors (Lipinski definition) is 2. The molecule has 29 heavy (non-hydrogen) atoms. The van der Waals surface area contributed by atoms with Crippen LogP contribution in [0.25, 0.3) is 0 Å². The number of esters is 1. The molecule has 1 heterocycles. The van der Waals surface area contributed by atoms with Crippen molar-refractivity contribution in [3.63, 3.8) is 0 Å². The molecule has 0 bridgehead atoms. The fourth-order valence-electron chi connectivity index (χ4n) is 2.64. The van der Waals surface area contributed by atoms with Crippen molar-refractivity contribution in [2.24, 2.45) is 0 Å². The lowest BCUT2D eigenvalue weighted by Crippen LogP contribution is -2.06. The van der Waals surface area contributed by atoms with Crippen molar-refractivity contribution < 1.29 is 14.5 Å². The number of carbonyl (C=O) groups excluding carboxylic acids is 1. The van der Waals surface area contributed by atoms with E-state index in [0.717, 1.165) is 12.0 Å². The number of benzene rings is 2. The molecule has 0 aliphatic heterocycles. The Morgan fingerprint density at radius 3 is 1.97 bits per heavy atom. The van der Waals surface area contributed by atoms with Gasteiger partial charge in [-0.2, -0.15) is 0 Å². The first-order valence-electron chi connectivity index (χ1n) is 8.82. The molecule has 0 saturated carbocycles. The number of rotatable bonds is 7. The molecular formula is C20H19N5O4. The fraction of sp³-hybridized carbons (Fsp3) is 0.150. The Hall–Kier alpha value is -4.01. The normalized spacial score (nSPS) is 10.3. The minimum atomic E-state index is -0.548. The van der Waals surface area contributed by atoms with Gasteiger partial charge in [-0.1, -0.05) is 19.1 Å². The molecule has 0 fully saturated rings. The molecule has 0 amide bonds. The van der Waals surface area contributed by atoms with Crippen LogP contribution in [0, 0.1) is 10.1 Å². The van der Waals surface area contributed by atoms with Crippen molar-refractivity contribution in [2.75, 3.05) is 17.7 Å². The van der Waals surface area contributed by atoms with Gasteiger partial charge in [-0.05, 0) is 48.4 Å². The van der Waals surface area contributed by atoms with E-state index in [0.29, 0.717) is 16.9 Å². The maximum Gasteiger partial charge on any atom is 0.353 e. The second-order valence-electron chi connectivity index (χ2n) is 6.05. The van der Waals surface area contributed by atoms with Gasteiger partial charge in [0.05, 0.1) is 17.6 Å². The van der Waals surface area contributed by atoms with Crippen LogP contribution in [0.15, 0.2) is 54.9 Å². The minimum absolute atomic E-state index is 0.0310. The van der Waals surface area contributed by atoms with Gasteiger partial charge >= 0.3 is 11.7 Å². The highest BCUT2D eigenvalue weighted by molar-refractivity contribution is 5.90. The average molecular weight is 393 g/mol. The van der Waals surface area contributed by atoms with E-state index in [-0.39, 0.29) is 17.3 Å². The van der Waals surface area contributed by atoms with Crippen LogP contribution in [-0.4, -0.2) is 28.0 Å². The van der Waals surface area contributed by atoms with Gasteiger partial charge in [-0.15, -0.1) is 0 Å².